The number of hydrogen-bond donors (Lipinski definition) is 1. The maximum absolute atomic E-state index is 13.5. The molecule has 5 aromatic rings. The zero-order chi connectivity index (χ0) is 28.6. The van der Waals surface area contributed by atoms with Crippen LogP contribution in [-0.4, -0.2) is 56.3 Å². The predicted molar refractivity (Wildman–Crippen MR) is 147 cm³/mol. The minimum atomic E-state index is -4.41. The van der Waals surface area contributed by atoms with E-state index in [0.717, 1.165) is 29.0 Å². The smallest absolute Gasteiger partial charge is 0.416 e. The number of hydrogen-bond acceptors (Lipinski definition) is 7. The van der Waals surface area contributed by atoms with Gasteiger partial charge >= 0.3 is 6.18 Å². The second kappa shape index (κ2) is 10.8. The van der Waals surface area contributed by atoms with E-state index in [1.807, 2.05) is 29.2 Å². The van der Waals surface area contributed by atoms with E-state index in [9.17, 15) is 18.0 Å². The summed E-state index contributed by atoms with van der Waals surface area (Å²) in [5, 5.41) is 13.4. The number of tetrazole rings is 1. The number of alkyl halides is 3. The molecule has 1 saturated heterocycles. The molecule has 1 fully saturated rings. The molecule has 0 amide bonds. The van der Waals surface area contributed by atoms with Crippen LogP contribution in [0.4, 0.5) is 18.9 Å². The van der Waals surface area contributed by atoms with Gasteiger partial charge in [0, 0.05) is 42.9 Å². The largest absolute Gasteiger partial charge is 0.467 e. The molecule has 1 N–H and O–H groups in total. The van der Waals surface area contributed by atoms with Crippen molar-refractivity contribution in [3.05, 3.63) is 106 Å². The molecular formula is C29H28F3N7O2. The summed E-state index contributed by atoms with van der Waals surface area (Å²) in [6.45, 7) is 4.22. The van der Waals surface area contributed by atoms with Crippen LogP contribution in [0, 0.1) is 0 Å². The second-order valence-corrected chi connectivity index (χ2v) is 10.1. The van der Waals surface area contributed by atoms with Gasteiger partial charge in [0.05, 0.1) is 11.8 Å². The first-order chi connectivity index (χ1) is 19.8. The molecule has 1 atom stereocenters. The first-order valence-electron chi connectivity index (χ1n) is 13.4. The third-order valence-electron chi connectivity index (χ3n) is 7.55. The number of nitrogens with one attached hydrogen (secondary N) is 1. The second-order valence-electron chi connectivity index (χ2n) is 10.1. The number of piperazine rings is 1. The van der Waals surface area contributed by atoms with Crippen LogP contribution in [0.1, 0.15) is 41.2 Å². The Morgan fingerprint density at radius 1 is 1.02 bits per heavy atom. The Morgan fingerprint density at radius 2 is 1.85 bits per heavy atom. The minimum absolute atomic E-state index is 0.250. The maximum atomic E-state index is 13.5. The third-order valence-corrected chi connectivity index (χ3v) is 7.55. The van der Waals surface area contributed by atoms with Gasteiger partial charge in [-0.25, -0.2) is 4.68 Å². The lowest BCUT2D eigenvalue weighted by molar-refractivity contribution is -0.137. The van der Waals surface area contributed by atoms with Gasteiger partial charge in [-0.1, -0.05) is 19.1 Å². The van der Waals surface area contributed by atoms with Gasteiger partial charge in [0.25, 0.3) is 5.56 Å². The van der Waals surface area contributed by atoms with Gasteiger partial charge < -0.3 is 14.3 Å². The van der Waals surface area contributed by atoms with Crippen LogP contribution in [0.25, 0.3) is 10.9 Å². The number of benzene rings is 2. The Bertz CT molecular complexity index is 1700. The first-order valence-corrected chi connectivity index (χ1v) is 13.4. The van der Waals surface area contributed by atoms with E-state index >= 15 is 0 Å². The fourth-order valence-corrected chi connectivity index (χ4v) is 5.38. The van der Waals surface area contributed by atoms with Crippen molar-refractivity contribution in [2.45, 2.75) is 32.1 Å². The van der Waals surface area contributed by atoms with Crippen LogP contribution in [0.15, 0.2) is 76.1 Å². The predicted octanol–water partition coefficient (Wildman–Crippen LogP) is 4.65. The molecule has 212 valence electrons. The Kier molecular flexibility index (Phi) is 7.08. The number of H-pyrrole nitrogens is 1. The quantitative estimate of drug-likeness (QED) is 0.308. The van der Waals surface area contributed by atoms with Gasteiger partial charge in [0.2, 0.25) is 0 Å². The molecule has 9 nitrogen and oxygen atoms in total. The fourth-order valence-electron chi connectivity index (χ4n) is 5.38. The molecule has 41 heavy (non-hydrogen) atoms. The van der Waals surface area contributed by atoms with Crippen LogP contribution in [-0.2, 0) is 19.1 Å². The summed E-state index contributed by atoms with van der Waals surface area (Å²) >= 11 is 0. The van der Waals surface area contributed by atoms with E-state index in [1.54, 1.807) is 23.1 Å². The molecule has 2 aromatic carbocycles. The van der Waals surface area contributed by atoms with E-state index in [4.69, 9.17) is 4.42 Å². The number of aryl methyl sites for hydroxylation is 1. The number of nitrogens with zero attached hydrogens (tertiary/aromatic N) is 6. The van der Waals surface area contributed by atoms with Crippen LogP contribution in [0.3, 0.4) is 0 Å². The highest BCUT2D eigenvalue weighted by atomic mass is 19.4. The van der Waals surface area contributed by atoms with E-state index in [0.29, 0.717) is 49.0 Å². The van der Waals surface area contributed by atoms with Crippen LogP contribution >= 0.6 is 0 Å². The SMILES string of the molecule is CCc1ccc2[nH]c(=O)c(C(c3nnnn3Cc3ccco3)N3CCN(c4cccc(C(F)(F)F)c4)CC3)cc2c1. The summed E-state index contributed by atoms with van der Waals surface area (Å²) in [6, 6.07) is 16.2. The highest BCUT2D eigenvalue weighted by molar-refractivity contribution is 5.80. The molecule has 12 heteroatoms. The Labute approximate surface area is 233 Å². The number of aromatic amines is 1. The highest BCUT2D eigenvalue weighted by Gasteiger charge is 2.34. The first kappa shape index (κ1) is 26.8. The monoisotopic (exact) mass is 563 g/mol. The van der Waals surface area contributed by atoms with E-state index in [-0.39, 0.29) is 12.1 Å². The molecule has 1 aliphatic heterocycles. The molecule has 0 radical (unpaired) electrons. The van der Waals surface area contributed by atoms with Crippen molar-refractivity contribution in [1.29, 1.82) is 0 Å². The fraction of sp³-hybridized carbons (Fsp3) is 0.310. The van der Waals surface area contributed by atoms with E-state index < -0.39 is 17.8 Å². The molecule has 1 aliphatic rings. The number of anilines is 1. The van der Waals surface area contributed by atoms with Crippen molar-refractivity contribution >= 4 is 16.6 Å². The van der Waals surface area contributed by atoms with Crippen LogP contribution in [0.2, 0.25) is 0 Å². The zero-order valence-electron chi connectivity index (χ0n) is 22.3. The number of pyridine rings is 1. The average molecular weight is 564 g/mol. The van der Waals surface area contributed by atoms with Crippen molar-refractivity contribution in [3.63, 3.8) is 0 Å². The third kappa shape index (κ3) is 5.47. The molecule has 0 saturated carbocycles. The summed E-state index contributed by atoms with van der Waals surface area (Å²) in [5.41, 5.74) is 1.95. The van der Waals surface area contributed by atoms with Crippen LogP contribution < -0.4 is 10.5 Å². The number of rotatable bonds is 7. The molecule has 0 spiro atoms. The summed E-state index contributed by atoms with van der Waals surface area (Å²) in [6.07, 6.45) is -1.99. The minimum Gasteiger partial charge on any atom is -0.467 e. The number of halogens is 3. The summed E-state index contributed by atoms with van der Waals surface area (Å²) in [7, 11) is 0. The molecule has 3 aromatic heterocycles. The molecule has 0 bridgehead atoms. The summed E-state index contributed by atoms with van der Waals surface area (Å²) in [4.78, 5) is 20.6. The van der Waals surface area contributed by atoms with Crippen molar-refractivity contribution < 1.29 is 17.6 Å². The van der Waals surface area contributed by atoms with Crippen molar-refractivity contribution in [2.24, 2.45) is 0 Å². The number of aromatic nitrogens is 5. The Balaban J connectivity index is 1.36. The van der Waals surface area contributed by atoms with Gasteiger partial charge in [0.1, 0.15) is 18.3 Å². The molecule has 1 unspecified atom stereocenters. The zero-order valence-corrected chi connectivity index (χ0v) is 22.3. The Hall–Kier alpha value is -4.45. The van der Waals surface area contributed by atoms with Crippen LogP contribution in [0.5, 0.6) is 0 Å². The number of furan rings is 1. The summed E-state index contributed by atoms with van der Waals surface area (Å²) < 4.78 is 47.1. The standard InChI is InChI=1S/C29H28F3N7O2/c1-2-19-8-9-25-20(15-19)16-24(28(40)33-25)26(27-34-35-36-39(27)18-23-7-4-14-41-23)38-12-10-37(11-13-38)22-6-3-5-21(17-22)29(30,31)32/h3-9,14-17,26H,2,10-13,18H2,1H3,(H,33,40). The van der Waals surface area contributed by atoms with Crippen molar-refractivity contribution in [1.82, 2.24) is 30.1 Å². The molecule has 6 rings (SSSR count). The number of fused-ring (bicyclic) bond motifs is 1. The highest BCUT2D eigenvalue weighted by Crippen LogP contribution is 2.33. The van der Waals surface area contributed by atoms with Crippen molar-refractivity contribution in [2.75, 3.05) is 31.1 Å². The average Bonchev–Trinajstić information content (AvgIpc) is 3.66. The van der Waals surface area contributed by atoms with Gasteiger partial charge in [-0.05, 0) is 76.3 Å². The van der Waals surface area contributed by atoms with E-state index in [2.05, 4.69) is 38.4 Å². The lowest BCUT2D eigenvalue weighted by Gasteiger charge is -2.39. The van der Waals surface area contributed by atoms with Crippen molar-refractivity contribution in [3.8, 4) is 0 Å². The van der Waals surface area contributed by atoms with Gasteiger partial charge in [-0.15, -0.1) is 5.10 Å². The molecule has 0 aliphatic carbocycles. The lowest BCUT2D eigenvalue weighted by Crippen LogP contribution is -2.49. The maximum Gasteiger partial charge on any atom is 0.416 e. The Morgan fingerprint density at radius 3 is 2.59 bits per heavy atom. The molecular weight excluding hydrogens is 535 g/mol. The normalized spacial score (nSPS) is 15.5. The van der Waals surface area contributed by atoms with E-state index in [1.165, 1.54) is 12.1 Å². The topological polar surface area (TPSA) is 96.1 Å². The van der Waals surface area contributed by atoms with Gasteiger partial charge in [-0.2, -0.15) is 13.2 Å². The van der Waals surface area contributed by atoms with Gasteiger partial charge in [0.15, 0.2) is 5.82 Å². The molecule has 4 heterocycles. The van der Waals surface area contributed by atoms with Gasteiger partial charge in [-0.3, -0.25) is 9.69 Å². The lowest BCUT2D eigenvalue weighted by atomic mass is 10.0. The summed E-state index contributed by atoms with van der Waals surface area (Å²) in [5.74, 6) is 1.14.